The van der Waals surface area contributed by atoms with Crippen LogP contribution in [-0.4, -0.2) is 30.0 Å². The molecule has 1 amide bonds. The molecular formula is C22H23NO3. The van der Waals surface area contributed by atoms with Crippen LogP contribution >= 0.6 is 0 Å². The molecule has 1 saturated heterocycles. The van der Waals surface area contributed by atoms with Gasteiger partial charge >= 0.3 is 0 Å². The van der Waals surface area contributed by atoms with Crippen molar-refractivity contribution in [1.82, 2.24) is 4.90 Å². The molecule has 0 bridgehead atoms. The van der Waals surface area contributed by atoms with Gasteiger partial charge in [-0.3, -0.25) is 4.79 Å². The summed E-state index contributed by atoms with van der Waals surface area (Å²) in [7, 11) is 0. The minimum atomic E-state index is 0.184. The van der Waals surface area contributed by atoms with Gasteiger partial charge in [-0.25, -0.2) is 0 Å². The van der Waals surface area contributed by atoms with Gasteiger partial charge in [-0.05, 0) is 41.5 Å². The highest BCUT2D eigenvalue weighted by molar-refractivity contribution is 5.83. The maximum Gasteiger partial charge on any atom is 0.222 e. The van der Waals surface area contributed by atoms with Crippen molar-refractivity contribution in [3.63, 3.8) is 0 Å². The average molecular weight is 349 g/mol. The summed E-state index contributed by atoms with van der Waals surface area (Å²) >= 11 is 0. The van der Waals surface area contributed by atoms with Crippen LogP contribution in [0.4, 0.5) is 0 Å². The van der Waals surface area contributed by atoms with E-state index < -0.39 is 0 Å². The van der Waals surface area contributed by atoms with E-state index in [9.17, 15) is 4.79 Å². The van der Waals surface area contributed by atoms with Gasteiger partial charge in [0.05, 0.1) is 6.26 Å². The molecule has 2 aromatic carbocycles. The smallest absolute Gasteiger partial charge is 0.222 e. The lowest BCUT2D eigenvalue weighted by molar-refractivity contribution is -0.132. The summed E-state index contributed by atoms with van der Waals surface area (Å²) in [6, 6.07) is 16.4. The van der Waals surface area contributed by atoms with Crippen molar-refractivity contribution in [3.8, 4) is 16.9 Å². The van der Waals surface area contributed by atoms with Crippen LogP contribution < -0.4 is 4.74 Å². The minimum absolute atomic E-state index is 0.184. The van der Waals surface area contributed by atoms with Crippen LogP contribution in [0.1, 0.15) is 26.2 Å². The quantitative estimate of drug-likeness (QED) is 0.674. The maximum absolute atomic E-state index is 11.7. The predicted octanol–water partition coefficient (Wildman–Crippen LogP) is 4.88. The molecule has 1 aliphatic rings. The van der Waals surface area contributed by atoms with Gasteiger partial charge in [-0.1, -0.05) is 25.1 Å². The molecule has 0 saturated carbocycles. The molecule has 0 spiro atoms. The van der Waals surface area contributed by atoms with Crippen molar-refractivity contribution in [1.29, 1.82) is 0 Å². The zero-order valence-electron chi connectivity index (χ0n) is 15.0. The second-order valence-electron chi connectivity index (χ2n) is 6.75. The van der Waals surface area contributed by atoms with E-state index >= 15 is 0 Å². The van der Waals surface area contributed by atoms with Gasteiger partial charge in [0.15, 0.2) is 0 Å². The molecule has 1 fully saturated rings. The van der Waals surface area contributed by atoms with Crippen LogP contribution in [0, 0.1) is 0 Å². The highest BCUT2D eigenvalue weighted by atomic mass is 16.5. The van der Waals surface area contributed by atoms with E-state index in [1.807, 2.05) is 36.1 Å². The largest absolute Gasteiger partial charge is 0.490 e. The van der Waals surface area contributed by atoms with E-state index in [1.54, 1.807) is 6.26 Å². The summed E-state index contributed by atoms with van der Waals surface area (Å²) in [5, 5.41) is 1.11. The van der Waals surface area contributed by atoms with Gasteiger partial charge < -0.3 is 14.1 Å². The SMILES string of the molecule is CCC(=O)N1CCC(Oc2ccc(-c3ccc4occc4c3)cc2)CC1. The minimum Gasteiger partial charge on any atom is -0.490 e. The van der Waals surface area contributed by atoms with Crippen molar-refractivity contribution in [3.05, 3.63) is 54.8 Å². The van der Waals surface area contributed by atoms with Crippen LogP contribution in [0.15, 0.2) is 59.2 Å². The first-order valence-corrected chi connectivity index (χ1v) is 9.25. The molecule has 4 nitrogen and oxygen atoms in total. The highest BCUT2D eigenvalue weighted by Gasteiger charge is 2.22. The first-order chi connectivity index (χ1) is 12.7. The van der Waals surface area contributed by atoms with E-state index in [0.29, 0.717) is 6.42 Å². The Morgan fingerprint density at radius 2 is 1.81 bits per heavy atom. The lowest BCUT2D eigenvalue weighted by Gasteiger charge is -2.32. The number of furan rings is 1. The van der Waals surface area contributed by atoms with Gasteiger partial charge in [0.25, 0.3) is 0 Å². The van der Waals surface area contributed by atoms with E-state index in [2.05, 4.69) is 24.3 Å². The third-order valence-electron chi connectivity index (χ3n) is 5.04. The topological polar surface area (TPSA) is 42.7 Å². The third-order valence-corrected chi connectivity index (χ3v) is 5.04. The second kappa shape index (κ2) is 7.24. The standard InChI is InChI=1S/C22H23NO3/c1-2-22(24)23-12-9-20(10-13-23)26-19-6-3-16(4-7-19)17-5-8-21-18(15-17)11-14-25-21/h3-8,11,14-15,20H,2,9-10,12-13H2,1H3. The van der Waals surface area contributed by atoms with Crippen LogP contribution in [0.5, 0.6) is 5.75 Å². The van der Waals surface area contributed by atoms with Crippen molar-refractivity contribution in [2.45, 2.75) is 32.3 Å². The van der Waals surface area contributed by atoms with Crippen molar-refractivity contribution >= 4 is 16.9 Å². The number of carbonyl (C=O) groups excluding carboxylic acids is 1. The Labute approximate surface area is 153 Å². The number of carbonyl (C=O) groups is 1. The van der Waals surface area contributed by atoms with Gasteiger partial charge in [0.1, 0.15) is 17.4 Å². The number of nitrogens with zero attached hydrogens (tertiary/aromatic N) is 1. The Balaban J connectivity index is 1.39. The zero-order valence-corrected chi connectivity index (χ0v) is 15.0. The Kier molecular flexibility index (Phi) is 4.65. The Hall–Kier alpha value is -2.75. The van der Waals surface area contributed by atoms with E-state index in [0.717, 1.165) is 53.8 Å². The summed E-state index contributed by atoms with van der Waals surface area (Å²) in [6.45, 7) is 3.50. The highest BCUT2D eigenvalue weighted by Crippen LogP contribution is 2.27. The van der Waals surface area contributed by atoms with Crippen molar-refractivity contribution in [2.75, 3.05) is 13.1 Å². The second-order valence-corrected chi connectivity index (χ2v) is 6.75. The molecule has 1 aliphatic heterocycles. The molecule has 4 heteroatoms. The molecule has 0 radical (unpaired) electrons. The molecule has 0 unspecified atom stereocenters. The molecular weight excluding hydrogens is 326 g/mol. The molecule has 2 heterocycles. The summed E-state index contributed by atoms with van der Waals surface area (Å²) in [5.74, 6) is 1.13. The first-order valence-electron chi connectivity index (χ1n) is 9.25. The number of fused-ring (bicyclic) bond motifs is 1. The number of ether oxygens (including phenoxy) is 1. The van der Waals surface area contributed by atoms with Gasteiger partial charge in [-0.15, -0.1) is 0 Å². The fraction of sp³-hybridized carbons (Fsp3) is 0.318. The van der Waals surface area contributed by atoms with Crippen molar-refractivity contribution < 1.29 is 13.9 Å². The van der Waals surface area contributed by atoms with Gasteiger partial charge in [0, 0.05) is 37.7 Å². The Morgan fingerprint density at radius 1 is 1.08 bits per heavy atom. The lowest BCUT2D eigenvalue weighted by Crippen LogP contribution is -2.41. The third kappa shape index (κ3) is 3.45. The number of likely N-dealkylation sites (tertiary alicyclic amines) is 1. The van der Waals surface area contributed by atoms with E-state index in [1.165, 1.54) is 0 Å². The summed E-state index contributed by atoms with van der Waals surface area (Å²) in [6.07, 6.45) is 4.27. The molecule has 134 valence electrons. The molecule has 4 rings (SSSR count). The molecule has 3 aromatic rings. The zero-order chi connectivity index (χ0) is 17.9. The van der Waals surface area contributed by atoms with E-state index in [-0.39, 0.29) is 12.0 Å². The first kappa shape index (κ1) is 16.7. The number of hydrogen-bond acceptors (Lipinski definition) is 3. The normalized spacial score (nSPS) is 15.3. The van der Waals surface area contributed by atoms with Crippen LogP contribution in [0.2, 0.25) is 0 Å². The molecule has 1 aromatic heterocycles. The molecule has 0 aliphatic carbocycles. The summed E-state index contributed by atoms with van der Waals surface area (Å²) in [4.78, 5) is 13.7. The lowest BCUT2D eigenvalue weighted by atomic mass is 10.0. The van der Waals surface area contributed by atoms with Crippen molar-refractivity contribution in [2.24, 2.45) is 0 Å². The number of amides is 1. The maximum atomic E-state index is 11.7. The number of benzene rings is 2. The number of rotatable bonds is 4. The fourth-order valence-electron chi connectivity index (χ4n) is 3.51. The molecule has 0 N–H and O–H groups in total. The summed E-state index contributed by atoms with van der Waals surface area (Å²) in [5.41, 5.74) is 3.22. The fourth-order valence-corrected chi connectivity index (χ4v) is 3.51. The monoisotopic (exact) mass is 349 g/mol. The predicted molar refractivity (Wildman–Crippen MR) is 102 cm³/mol. The van der Waals surface area contributed by atoms with E-state index in [4.69, 9.17) is 9.15 Å². The average Bonchev–Trinajstić information content (AvgIpc) is 3.16. The molecule has 26 heavy (non-hydrogen) atoms. The van der Waals surface area contributed by atoms with Crippen LogP contribution in [0.3, 0.4) is 0 Å². The Morgan fingerprint density at radius 3 is 2.54 bits per heavy atom. The number of hydrogen-bond donors (Lipinski definition) is 0. The Bertz CT molecular complexity index is 889. The summed E-state index contributed by atoms with van der Waals surface area (Å²) < 4.78 is 11.5. The van der Waals surface area contributed by atoms with Crippen LogP contribution in [0.25, 0.3) is 22.1 Å². The van der Waals surface area contributed by atoms with Crippen LogP contribution in [-0.2, 0) is 4.79 Å². The van der Waals surface area contributed by atoms with Gasteiger partial charge in [-0.2, -0.15) is 0 Å². The molecule has 0 atom stereocenters. The number of piperidine rings is 1. The van der Waals surface area contributed by atoms with Gasteiger partial charge in [0.2, 0.25) is 5.91 Å².